The minimum absolute atomic E-state index is 0.0491. The third kappa shape index (κ3) is 3.05. The van der Waals surface area contributed by atoms with Crippen LogP contribution in [0.2, 0.25) is 0 Å². The SMILES string of the molecule is O=S(=O)(N[C@@H]1CCN2CCc3ccccc3[C@@H]2C1)N1CCCC1. The Morgan fingerprint density at radius 3 is 2.65 bits per heavy atom. The summed E-state index contributed by atoms with van der Waals surface area (Å²) in [5.41, 5.74) is 2.82. The van der Waals surface area contributed by atoms with Gasteiger partial charge in [-0.05, 0) is 43.2 Å². The van der Waals surface area contributed by atoms with E-state index in [-0.39, 0.29) is 6.04 Å². The van der Waals surface area contributed by atoms with Crippen LogP contribution in [0.1, 0.15) is 42.9 Å². The van der Waals surface area contributed by atoms with Gasteiger partial charge in [0.05, 0.1) is 0 Å². The van der Waals surface area contributed by atoms with Gasteiger partial charge in [-0.2, -0.15) is 17.4 Å². The number of hydrogen-bond donors (Lipinski definition) is 1. The molecule has 0 unspecified atom stereocenters. The molecule has 1 aromatic rings. The van der Waals surface area contributed by atoms with Crippen LogP contribution in [-0.4, -0.2) is 49.8 Å². The fraction of sp³-hybridized carbons (Fsp3) is 0.647. The van der Waals surface area contributed by atoms with Crippen LogP contribution in [0.15, 0.2) is 24.3 Å². The van der Waals surface area contributed by atoms with Gasteiger partial charge < -0.3 is 0 Å². The van der Waals surface area contributed by atoms with Crippen LogP contribution in [0.5, 0.6) is 0 Å². The molecule has 0 amide bonds. The van der Waals surface area contributed by atoms with E-state index >= 15 is 0 Å². The molecule has 0 saturated carbocycles. The van der Waals surface area contributed by atoms with E-state index in [9.17, 15) is 8.42 Å². The van der Waals surface area contributed by atoms with Gasteiger partial charge in [-0.1, -0.05) is 24.3 Å². The second kappa shape index (κ2) is 6.16. The first kappa shape index (κ1) is 15.6. The van der Waals surface area contributed by atoms with Crippen molar-refractivity contribution < 1.29 is 8.42 Å². The molecular formula is C17H25N3O2S. The van der Waals surface area contributed by atoms with Crippen LogP contribution in [0, 0.1) is 0 Å². The molecule has 3 heterocycles. The number of rotatable bonds is 3. The predicted octanol–water partition coefficient (Wildman–Crippen LogP) is 1.68. The van der Waals surface area contributed by atoms with E-state index in [4.69, 9.17) is 0 Å². The minimum Gasteiger partial charge on any atom is -0.296 e. The maximum atomic E-state index is 12.5. The summed E-state index contributed by atoms with van der Waals surface area (Å²) in [5, 5.41) is 0. The summed E-state index contributed by atoms with van der Waals surface area (Å²) in [5.74, 6) is 0. The van der Waals surface area contributed by atoms with E-state index in [1.54, 1.807) is 4.31 Å². The molecule has 2 saturated heterocycles. The molecule has 3 aliphatic heterocycles. The summed E-state index contributed by atoms with van der Waals surface area (Å²) >= 11 is 0. The smallest absolute Gasteiger partial charge is 0.279 e. The highest BCUT2D eigenvalue weighted by Gasteiger charge is 2.36. The summed E-state index contributed by atoms with van der Waals surface area (Å²) in [6, 6.07) is 9.03. The van der Waals surface area contributed by atoms with Gasteiger partial charge in [-0.25, -0.2) is 0 Å². The van der Waals surface area contributed by atoms with Gasteiger partial charge in [0.25, 0.3) is 10.2 Å². The number of nitrogens with one attached hydrogen (secondary N) is 1. The van der Waals surface area contributed by atoms with E-state index in [2.05, 4.69) is 33.9 Å². The van der Waals surface area contributed by atoms with Crippen LogP contribution in [0.4, 0.5) is 0 Å². The number of benzene rings is 1. The van der Waals surface area contributed by atoms with Gasteiger partial charge in [-0.3, -0.25) is 4.90 Å². The maximum Gasteiger partial charge on any atom is 0.279 e. The molecule has 2 fully saturated rings. The van der Waals surface area contributed by atoms with Gasteiger partial charge in [0.1, 0.15) is 0 Å². The fourth-order valence-electron chi connectivity index (χ4n) is 4.28. The monoisotopic (exact) mass is 335 g/mol. The Bertz CT molecular complexity index is 670. The Labute approximate surface area is 138 Å². The topological polar surface area (TPSA) is 52.7 Å². The van der Waals surface area contributed by atoms with Crippen molar-refractivity contribution >= 4 is 10.2 Å². The molecule has 0 bridgehead atoms. The molecular weight excluding hydrogens is 310 g/mol. The average Bonchev–Trinajstić information content (AvgIpc) is 3.10. The highest BCUT2D eigenvalue weighted by atomic mass is 32.2. The molecule has 0 aromatic heterocycles. The van der Waals surface area contributed by atoms with Crippen molar-refractivity contribution in [3.8, 4) is 0 Å². The molecule has 2 atom stereocenters. The zero-order valence-electron chi connectivity index (χ0n) is 13.4. The molecule has 0 radical (unpaired) electrons. The minimum atomic E-state index is -3.31. The molecule has 1 N–H and O–H groups in total. The highest BCUT2D eigenvalue weighted by molar-refractivity contribution is 7.87. The lowest BCUT2D eigenvalue weighted by atomic mass is 9.85. The lowest BCUT2D eigenvalue weighted by Gasteiger charge is -2.43. The third-order valence-corrected chi connectivity index (χ3v) is 7.19. The molecule has 5 nitrogen and oxygen atoms in total. The van der Waals surface area contributed by atoms with Crippen LogP contribution in [0.3, 0.4) is 0 Å². The van der Waals surface area contributed by atoms with Crippen LogP contribution < -0.4 is 4.72 Å². The molecule has 23 heavy (non-hydrogen) atoms. The van der Waals surface area contributed by atoms with Gasteiger partial charge in [-0.15, -0.1) is 0 Å². The predicted molar refractivity (Wildman–Crippen MR) is 90.3 cm³/mol. The van der Waals surface area contributed by atoms with Crippen molar-refractivity contribution in [2.45, 2.75) is 44.2 Å². The summed E-state index contributed by atoms with van der Waals surface area (Å²) in [4.78, 5) is 2.52. The Balaban J connectivity index is 1.49. The second-order valence-electron chi connectivity index (χ2n) is 6.95. The largest absolute Gasteiger partial charge is 0.296 e. The number of piperidine rings is 1. The van der Waals surface area contributed by atoms with E-state index in [1.165, 1.54) is 11.1 Å². The van der Waals surface area contributed by atoms with Crippen molar-refractivity contribution in [1.82, 2.24) is 13.9 Å². The first-order chi connectivity index (χ1) is 11.1. The van der Waals surface area contributed by atoms with E-state index in [0.29, 0.717) is 19.1 Å². The number of hydrogen-bond acceptors (Lipinski definition) is 3. The van der Waals surface area contributed by atoms with Crippen molar-refractivity contribution in [2.75, 3.05) is 26.2 Å². The zero-order chi connectivity index (χ0) is 15.9. The number of nitrogens with zero attached hydrogens (tertiary/aromatic N) is 2. The van der Waals surface area contributed by atoms with Crippen LogP contribution in [-0.2, 0) is 16.6 Å². The molecule has 0 aliphatic carbocycles. The Hall–Kier alpha value is -0.950. The zero-order valence-corrected chi connectivity index (χ0v) is 14.3. The number of fused-ring (bicyclic) bond motifs is 3. The average molecular weight is 335 g/mol. The molecule has 3 aliphatic rings. The molecule has 1 aromatic carbocycles. The summed E-state index contributed by atoms with van der Waals surface area (Å²) in [7, 11) is -3.31. The third-order valence-electron chi connectivity index (χ3n) is 5.52. The van der Waals surface area contributed by atoms with Crippen LogP contribution in [0.25, 0.3) is 0 Å². The summed E-state index contributed by atoms with van der Waals surface area (Å²) in [6.45, 7) is 3.40. The molecule has 0 spiro atoms. The Morgan fingerprint density at radius 1 is 1.04 bits per heavy atom. The maximum absolute atomic E-state index is 12.5. The molecule has 126 valence electrons. The normalized spacial score (nSPS) is 29.2. The second-order valence-corrected chi connectivity index (χ2v) is 8.65. The Morgan fingerprint density at radius 2 is 1.83 bits per heavy atom. The fourth-order valence-corrected chi connectivity index (χ4v) is 5.80. The van der Waals surface area contributed by atoms with Crippen LogP contribution >= 0.6 is 0 Å². The van der Waals surface area contributed by atoms with Crippen molar-refractivity contribution in [2.24, 2.45) is 0 Å². The van der Waals surface area contributed by atoms with E-state index in [1.807, 2.05) is 0 Å². The Kier molecular flexibility index (Phi) is 4.17. The molecule has 4 rings (SSSR count). The summed E-state index contributed by atoms with van der Waals surface area (Å²) in [6.07, 6.45) is 4.86. The highest BCUT2D eigenvalue weighted by Crippen LogP contribution is 2.36. The quantitative estimate of drug-likeness (QED) is 0.914. The summed E-state index contributed by atoms with van der Waals surface area (Å²) < 4.78 is 29.6. The van der Waals surface area contributed by atoms with Gasteiger partial charge in [0.2, 0.25) is 0 Å². The lowest BCUT2D eigenvalue weighted by Crippen LogP contribution is -2.51. The van der Waals surface area contributed by atoms with E-state index < -0.39 is 10.2 Å². The van der Waals surface area contributed by atoms with Crippen molar-refractivity contribution in [3.63, 3.8) is 0 Å². The van der Waals surface area contributed by atoms with Gasteiger partial charge in [0, 0.05) is 38.3 Å². The van der Waals surface area contributed by atoms with Gasteiger partial charge in [0.15, 0.2) is 0 Å². The standard InChI is InChI=1S/C17H25N3O2S/c21-23(22,20-9-3-4-10-20)18-15-8-12-19-11-7-14-5-1-2-6-16(14)17(19)13-15/h1-2,5-6,15,17-18H,3-4,7-13H2/t15-,17+/m1/s1. The first-order valence-corrected chi connectivity index (χ1v) is 10.2. The van der Waals surface area contributed by atoms with E-state index in [0.717, 1.165) is 45.2 Å². The van der Waals surface area contributed by atoms with Crippen molar-refractivity contribution in [3.05, 3.63) is 35.4 Å². The lowest BCUT2D eigenvalue weighted by molar-refractivity contribution is 0.122. The first-order valence-electron chi connectivity index (χ1n) is 8.73. The molecule has 6 heteroatoms. The van der Waals surface area contributed by atoms with Gasteiger partial charge >= 0.3 is 0 Å². The van der Waals surface area contributed by atoms with Crippen molar-refractivity contribution in [1.29, 1.82) is 0 Å².